The summed E-state index contributed by atoms with van der Waals surface area (Å²) in [5.41, 5.74) is 7.04. The fourth-order valence-electron chi connectivity index (χ4n) is 9.73. The number of rotatable bonds is 3. The molecule has 2 heterocycles. The lowest BCUT2D eigenvalue weighted by Crippen LogP contribution is -2.47. The van der Waals surface area contributed by atoms with Crippen molar-refractivity contribution in [2.45, 2.75) is 117 Å². The minimum absolute atomic E-state index is 0.0894. The maximum atomic E-state index is 7.13. The average molecular weight is 465 g/mol. The van der Waals surface area contributed by atoms with Crippen LogP contribution in [0.25, 0.3) is 0 Å². The van der Waals surface area contributed by atoms with Crippen molar-refractivity contribution in [3.63, 3.8) is 0 Å². The summed E-state index contributed by atoms with van der Waals surface area (Å²) in [4.78, 5) is 0. The normalized spacial score (nSPS) is 46.6. The molecule has 0 amide bonds. The third-order valence-electron chi connectivity index (χ3n) is 12.3. The molecule has 1 aliphatic heterocycles. The second kappa shape index (κ2) is 8.22. The summed E-state index contributed by atoms with van der Waals surface area (Å²) < 4.78 is 7.13. The van der Waals surface area contributed by atoms with Crippen LogP contribution in [0.3, 0.4) is 0 Å². The molecule has 1 spiro atoms. The number of fused-ring (bicyclic) bond motifs is 6. The first-order valence-electron chi connectivity index (χ1n) is 14.6. The van der Waals surface area contributed by atoms with Gasteiger partial charge in [0.05, 0.1) is 17.9 Å². The topological polar surface area (TPSA) is 37.9 Å². The van der Waals surface area contributed by atoms with E-state index >= 15 is 0 Å². The second-order valence-electron chi connectivity index (χ2n) is 13.8. The number of allylic oxidation sites excluding steroid dienone is 1. The molecule has 3 nitrogen and oxygen atoms in total. The number of ether oxygens (including phenoxy) is 1. The number of hydrogen-bond acceptors (Lipinski definition) is 2. The Morgan fingerprint density at radius 3 is 2.79 bits per heavy atom. The van der Waals surface area contributed by atoms with Crippen LogP contribution in [0.1, 0.15) is 104 Å². The molecule has 1 N–H and O–H groups in total. The smallest absolute Gasteiger partial charge is 0.0752 e. The largest absolute Gasteiger partial charge is 0.371 e. The van der Waals surface area contributed by atoms with Gasteiger partial charge in [-0.1, -0.05) is 52.2 Å². The van der Waals surface area contributed by atoms with Gasteiger partial charge < -0.3 is 4.74 Å². The van der Waals surface area contributed by atoms with Crippen LogP contribution in [0.4, 0.5) is 0 Å². The van der Waals surface area contributed by atoms with E-state index in [4.69, 9.17) is 4.74 Å². The van der Waals surface area contributed by atoms with Crippen LogP contribution in [0.2, 0.25) is 0 Å². The van der Waals surface area contributed by atoms with Crippen molar-refractivity contribution in [2.75, 3.05) is 0 Å². The second-order valence-corrected chi connectivity index (χ2v) is 13.8. The van der Waals surface area contributed by atoms with Gasteiger partial charge in [-0.2, -0.15) is 5.10 Å². The van der Waals surface area contributed by atoms with Crippen molar-refractivity contribution in [1.29, 1.82) is 0 Å². The van der Waals surface area contributed by atoms with Gasteiger partial charge in [0.1, 0.15) is 0 Å². The van der Waals surface area contributed by atoms with Crippen molar-refractivity contribution >= 4 is 0 Å². The van der Waals surface area contributed by atoms with Gasteiger partial charge in [-0.05, 0) is 117 Å². The standard InChI is InChI=1S/C31H48N2O/c1-7-18(2)12-29-20(4)21(5)31(34-29)11-10-24-25-9-8-23-13-28-22(17-32-33-28)16-30(23,6)27(25)14-26(24)19(3)15-31/h17-18,20-21,23-25,27,29H,7-16H2,1-6H3,(H,32,33)/t18-,20+,21-,23-,24+,25+,27+,29-,30+,31+/m1/s1. The molecule has 0 bridgehead atoms. The van der Waals surface area contributed by atoms with Crippen LogP contribution in [0.5, 0.6) is 0 Å². The Morgan fingerprint density at radius 1 is 1.18 bits per heavy atom. The monoisotopic (exact) mass is 464 g/mol. The lowest BCUT2D eigenvalue weighted by molar-refractivity contribution is -0.0718. The predicted molar refractivity (Wildman–Crippen MR) is 138 cm³/mol. The van der Waals surface area contributed by atoms with Crippen LogP contribution in [-0.4, -0.2) is 21.9 Å². The lowest BCUT2D eigenvalue weighted by atomic mass is 9.52. The highest BCUT2D eigenvalue weighted by Gasteiger charge is 2.58. The predicted octanol–water partition coefficient (Wildman–Crippen LogP) is 7.52. The third-order valence-corrected chi connectivity index (χ3v) is 12.3. The summed E-state index contributed by atoms with van der Waals surface area (Å²) in [5, 5.41) is 7.72. The van der Waals surface area contributed by atoms with E-state index in [1.54, 1.807) is 5.57 Å². The fourth-order valence-corrected chi connectivity index (χ4v) is 9.73. The summed E-state index contributed by atoms with van der Waals surface area (Å²) in [6.07, 6.45) is 15.6. The van der Waals surface area contributed by atoms with E-state index in [0.29, 0.717) is 23.4 Å². The molecule has 6 rings (SSSR count). The number of aromatic amines is 1. The van der Waals surface area contributed by atoms with Crippen molar-refractivity contribution < 1.29 is 4.74 Å². The molecule has 1 saturated heterocycles. The zero-order valence-corrected chi connectivity index (χ0v) is 22.6. The molecular formula is C31H48N2O. The summed E-state index contributed by atoms with van der Waals surface area (Å²) >= 11 is 0. The third kappa shape index (κ3) is 3.35. The van der Waals surface area contributed by atoms with E-state index in [-0.39, 0.29) is 5.60 Å². The summed E-state index contributed by atoms with van der Waals surface area (Å²) in [6.45, 7) is 14.9. The van der Waals surface area contributed by atoms with Crippen molar-refractivity contribution in [3.8, 4) is 0 Å². The van der Waals surface area contributed by atoms with Gasteiger partial charge in [0, 0.05) is 5.69 Å². The van der Waals surface area contributed by atoms with E-state index < -0.39 is 0 Å². The minimum atomic E-state index is 0.0894. The van der Waals surface area contributed by atoms with Crippen LogP contribution in [-0.2, 0) is 17.6 Å². The first-order chi connectivity index (χ1) is 16.3. The Balaban J connectivity index is 1.27. The maximum Gasteiger partial charge on any atom is 0.0752 e. The van der Waals surface area contributed by atoms with Crippen LogP contribution in [0.15, 0.2) is 17.3 Å². The van der Waals surface area contributed by atoms with Crippen LogP contribution in [0, 0.1) is 46.8 Å². The Bertz CT molecular complexity index is 962. The van der Waals surface area contributed by atoms with Crippen molar-refractivity contribution in [3.05, 3.63) is 28.6 Å². The summed E-state index contributed by atoms with van der Waals surface area (Å²) in [5.74, 6) is 5.50. The van der Waals surface area contributed by atoms with Gasteiger partial charge >= 0.3 is 0 Å². The molecule has 4 aliphatic carbocycles. The molecule has 0 unspecified atom stereocenters. The van der Waals surface area contributed by atoms with Crippen molar-refractivity contribution in [1.82, 2.24) is 10.2 Å². The van der Waals surface area contributed by atoms with E-state index in [9.17, 15) is 0 Å². The molecule has 1 aromatic rings. The number of H-pyrrole nitrogens is 1. The van der Waals surface area contributed by atoms with Gasteiger partial charge in [-0.15, -0.1) is 0 Å². The number of nitrogens with zero attached hydrogens (tertiary/aromatic N) is 1. The van der Waals surface area contributed by atoms with Gasteiger partial charge in [0.25, 0.3) is 0 Å². The highest BCUT2D eigenvalue weighted by atomic mass is 16.5. The highest BCUT2D eigenvalue weighted by molar-refractivity contribution is 5.31. The summed E-state index contributed by atoms with van der Waals surface area (Å²) in [7, 11) is 0. The molecular weight excluding hydrogens is 416 g/mol. The van der Waals surface area contributed by atoms with E-state index in [1.165, 1.54) is 75.5 Å². The molecule has 3 heteroatoms. The quantitative estimate of drug-likeness (QED) is 0.470. The zero-order chi connectivity index (χ0) is 23.8. The Morgan fingerprint density at radius 2 is 2.00 bits per heavy atom. The number of aromatic nitrogens is 2. The number of hydrogen-bond donors (Lipinski definition) is 1. The molecule has 188 valence electrons. The first-order valence-corrected chi connectivity index (χ1v) is 14.6. The highest BCUT2D eigenvalue weighted by Crippen LogP contribution is 2.64. The van der Waals surface area contributed by atoms with E-state index in [0.717, 1.165) is 29.6 Å². The lowest BCUT2D eigenvalue weighted by Gasteiger charge is -2.52. The van der Waals surface area contributed by atoms with E-state index in [1.807, 2.05) is 5.57 Å². The fraction of sp³-hybridized carbons (Fsp3) is 0.839. The Kier molecular flexibility index (Phi) is 5.64. The zero-order valence-electron chi connectivity index (χ0n) is 22.6. The molecule has 0 radical (unpaired) electrons. The van der Waals surface area contributed by atoms with Crippen LogP contribution < -0.4 is 0 Å². The molecule has 1 aromatic heterocycles. The van der Waals surface area contributed by atoms with Crippen molar-refractivity contribution in [2.24, 2.45) is 46.8 Å². The van der Waals surface area contributed by atoms with Gasteiger partial charge in [0.2, 0.25) is 0 Å². The summed E-state index contributed by atoms with van der Waals surface area (Å²) in [6, 6.07) is 0. The molecule has 3 fully saturated rings. The number of nitrogens with one attached hydrogen (secondary N) is 1. The first kappa shape index (κ1) is 23.3. The van der Waals surface area contributed by atoms with Crippen LogP contribution >= 0.6 is 0 Å². The maximum absolute atomic E-state index is 7.13. The van der Waals surface area contributed by atoms with Gasteiger partial charge in [-0.25, -0.2) is 0 Å². The molecule has 34 heavy (non-hydrogen) atoms. The molecule has 2 saturated carbocycles. The molecule has 0 aromatic carbocycles. The molecule has 5 aliphatic rings. The van der Waals surface area contributed by atoms with E-state index in [2.05, 4.69) is 57.9 Å². The SMILES string of the molecule is CC[C@@H](C)C[C@H]1O[C@]2(CC[C@@H]3C(=C(C)C2)C[C@H]2[C@H]3CC[C@@H]3Cc4[nH]ncc4C[C@@]32C)[C@H](C)[C@@H]1C. The van der Waals surface area contributed by atoms with Gasteiger partial charge in [0.15, 0.2) is 0 Å². The molecule has 10 atom stereocenters. The van der Waals surface area contributed by atoms with Gasteiger partial charge in [-0.3, -0.25) is 5.10 Å². The average Bonchev–Trinajstić information content (AvgIpc) is 3.45. The Hall–Kier alpha value is -1.09. The Labute approximate surface area is 207 Å². The minimum Gasteiger partial charge on any atom is -0.371 e.